The molecule has 0 spiro atoms. The smallest absolute Gasteiger partial charge is 0.257 e. The van der Waals surface area contributed by atoms with E-state index in [2.05, 4.69) is 0 Å². The van der Waals surface area contributed by atoms with Gasteiger partial charge in [0, 0.05) is 13.1 Å². The fraction of sp³-hybridized carbons (Fsp3) is 0.462. The van der Waals surface area contributed by atoms with E-state index in [-0.39, 0.29) is 11.3 Å². The number of benzene rings is 1. The first kappa shape index (κ1) is 12.8. The van der Waals surface area contributed by atoms with Crippen molar-refractivity contribution in [1.29, 1.82) is 0 Å². The van der Waals surface area contributed by atoms with Gasteiger partial charge in [0.2, 0.25) is 0 Å². The SMILES string of the molecule is Nc1cc(F)cc(C(=O)N2CCCCCC2)c1F. The number of carbonyl (C=O) groups is 1. The van der Waals surface area contributed by atoms with E-state index in [0.29, 0.717) is 13.1 Å². The van der Waals surface area contributed by atoms with Crippen molar-refractivity contribution in [3.63, 3.8) is 0 Å². The van der Waals surface area contributed by atoms with E-state index in [9.17, 15) is 13.6 Å². The molecule has 0 aromatic heterocycles. The molecular formula is C13H16F2N2O. The first-order valence-corrected chi connectivity index (χ1v) is 6.13. The van der Waals surface area contributed by atoms with Crippen molar-refractivity contribution in [2.75, 3.05) is 18.8 Å². The monoisotopic (exact) mass is 254 g/mol. The molecule has 18 heavy (non-hydrogen) atoms. The van der Waals surface area contributed by atoms with Crippen molar-refractivity contribution in [3.8, 4) is 0 Å². The maximum absolute atomic E-state index is 13.7. The summed E-state index contributed by atoms with van der Waals surface area (Å²) >= 11 is 0. The molecule has 1 aromatic rings. The number of amides is 1. The maximum atomic E-state index is 13.7. The maximum Gasteiger partial charge on any atom is 0.257 e. The molecule has 2 N–H and O–H groups in total. The predicted octanol–water partition coefficient (Wildman–Crippen LogP) is 2.56. The van der Waals surface area contributed by atoms with Gasteiger partial charge in [-0.2, -0.15) is 0 Å². The van der Waals surface area contributed by atoms with Gasteiger partial charge in [-0.05, 0) is 25.0 Å². The summed E-state index contributed by atoms with van der Waals surface area (Å²) in [5, 5.41) is 0. The Morgan fingerprint density at radius 1 is 1.11 bits per heavy atom. The highest BCUT2D eigenvalue weighted by Gasteiger charge is 2.22. The van der Waals surface area contributed by atoms with Gasteiger partial charge < -0.3 is 10.6 Å². The number of carbonyl (C=O) groups excluding carboxylic acids is 1. The summed E-state index contributed by atoms with van der Waals surface area (Å²) < 4.78 is 26.9. The molecule has 1 aliphatic rings. The molecule has 1 aliphatic heterocycles. The number of anilines is 1. The Morgan fingerprint density at radius 2 is 1.72 bits per heavy atom. The lowest BCUT2D eigenvalue weighted by Gasteiger charge is -2.20. The van der Waals surface area contributed by atoms with Crippen molar-refractivity contribution in [2.45, 2.75) is 25.7 Å². The number of nitrogens with zero attached hydrogens (tertiary/aromatic N) is 1. The Balaban J connectivity index is 2.27. The molecule has 1 amide bonds. The van der Waals surface area contributed by atoms with Gasteiger partial charge in [-0.15, -0.1) is 0 Å². The Hall–Kier alpha value is -1.65. The van der Waals surface area contributed by atoms with E-state index in [0.717, 1.165) is 37.8 Å². The molecule has 3 nitrogen and oxygen atoms in total. The van der Waals surface area contributed by atoms with Gasteiger partial charge in [-0.3, -0.25) is 4.79 Å². The number of likely N-dealkylation sites (tertiary alicyclic amines) is 1. The second kappa shape index (κ2) is 5.33. The van der Waals surface area contributed by atoms with Crippen molar-refractivity contribution < 1.29 is 13.6 Å². The molecule has 1 saturated heterocycles. The second-order valence-electron chi connectivity index (χ2n) is 4.56. The minimum absolute atomic E-state index is 0.269. The summed E-state index contributed by atoms with van der Waals surface area (Å²) in [6, 6.07) is 1.80. The number of nitrogen functional groups attached to an aromatic ring is 1. The third kappa shape index (κ3) is 2.60. The summed E-state index contributed by atoms with van der Waals surface area (Å²) in [6.45, 7) is 1.18. The summed E-state index contributed by atoms with van der Waals surface area (Å²) in [5.41, 5.74) is 4.74. The van der Waals surface area contributed by atoms with Crippen LogP contribution in [0, 0.1) is 11.6 Å². The number of nitrogens with two attached hydrogens (primary N) is 1. The minimum Gasteiger partial charge on any atom is -0.396 e. The lowest BCUT2D eigenvalue weighted by Crippen LogP contribution is -2.32. The van der Waals surface area contributed by atoms with E-state index >= 15 is 0 Å². The largest absolute Gasteiger partial charge is 0.396 e. The van der Waals surface area contributed by atoms with Crippen LogP contribution < -0.4 is 5.73 Å². The van der Waals surface area contributed by atoms with Gasteiger partial charge in [0.05, 0.1) is 11.3 Å². The summed E-state index contributed by atoms with van der Waals surface area (Å²) in [7, 11) is 0. The molecule has 0 atom stereocenters. The predicted molar refractivity (Wildman–Crippen MR) is 65.1 cm³/mol. The molecule has 0 unspecified atom stereocenters. The zero-order valence-corrected chi connectivity index (χ0v) is 10.1. The highest BCUT2D eigenvalue weighted by molar-refractivity contribution is 5.95. The van der Waals surface area contributed by atoms with E-state index in [1.807, 2.05) is 0 Å². The molecule has 0 bridgehead atoms. The van der Waals surface area contributed by atoms with E-state index in [4.69, 9.17) is 5.73 Å². The van der Waals surface area contributed by atoms with Gasteiger partial charge in [0.1, 0.15) is 5.82 Å². The molecule has 1 fully saturated rings. The Kier molecular flexibility index (Phi) is 3.79. The van der Waals surface area contributed by atoms with Crippen LogP contribution in [0.2, 0.25) is 0 Å². The Labute approximate surface area is 105 Å². The fourth-order valence-electron chi connectivity index (χ4n) is 2.21. The van der Waals surface area contributed by atoms with Gasteiger partial charge in [-0.25, -0.2) is 8.78 Å². The standard InChI is InChI=1S/C13H16F2N2O/c14-9-7-10(12(15)11(16)8-9)13(18)17-5-3-1-2-4-6-17/h7-8H,1-6,16H2. The molecule has 0 radical (unpaired) electrons. The lowest BCUT2D eigenvalue weighted by atomic mass is 10.1. The number of hydrogen-bond donors (Lipinski definition) is 1. The normalized spacial score (nSPS) is 16.4. The second-order valence-corrected chi connectivity index (χ2v) is 4.56. The van der Waals surface area contributed by atoms with Crippen molar-refractivity contribution in [3.05, 3.63) is 29.3 Å². The number of halogens is 2. The number of rotatable bonds is 1. The topological polar surface area (TPSA) is 46.3 Å². The molecular weight excluding hydrogens is 238 g/mol. The summed E-state index contributed by atoms with van der Waals surface area (Å²) in [5.74, 6) is -1.99. The van der Waals surface area contributed by atoms with Crippen LogP contribution in [0.15, 0.2) is 12.1 Å². The highest BCUT2D eigenvalue weighted by Crippen LogP contribution is 2.20. The lowest BCUT2D eigenvalue weighted by molar-refractivity contribution is 0.0756. The average Bonchev–Trinajstić information content (AvgIpc) is 2.61. The fourth-order valence-corrected chi connectivity index (χ4v) is 2.21. The Bertz CT molecular complexity index is 455. The van der Waals surface area contributed by atoms with E-state index in [1.54, 1.807) is 4.90 Å². The minimum atomic E-state index is -0.828. The summed E-state index contributed by atoms with van der Waals surface area (Å²) in [4.78, 5) is 13.7. The highest BCUT2D eigenvalue weighted by atomic mass is 19.1. The molecule has 1 aromatic carbocycles. The number of hydrogen-bond acceptors (Lipinski definition) is 2. The quantitative estimate of drug-likeness (QED) is 0.783. The van der Waals surface area contributed by atoms with Gasteiger partial charge >= 0.3 is 0 Å². The zero-order chi connectivity index (χ0) is 13.1. The molecule has 1 heterocycles. The van der Waals surface area contributed by atoms with Crippen LogP contribution in [-0.4, -0.2) is 23.9 Å². The van der Waals surface area contributed by atoms with Crippen LogP contribution in [-0.2, 0) is 0 Å². The third-order valence-electron chi connectivity index (χ3n) is 3.19. The molecule has 98 valence electrons. The van der Waals surface area contributed by atoms with Gasteiger partial charge in [-0.1, -0.05) is 12.8 Å². The van der Waals surface area contributed by atoms with E-state index < -0.39 is 17.5 Å². The van der Waals surface area contributed by atoms with Crippen LogP contribution in [0.5, 0.6) is 0 Å². The van der Waals surface area contributed by atoms with Crippen molar-refractivity contribution >= 4 is 11.6 Å². The van der Waals surface area contributed by atoms with Gasteiger partial charge in [0.15, 0.2) is 5.82 Å². The van der Waals surface area contributed by atoms with Gasteiger partial charge in [0.25, 0.3) is 5.91 Å². The molecule has 2 rings (SSSR count). The first-order valence-electron chi connectivity index (χ1n) is 6.13. The van der Waals surface area contributed by atoms with Crippen molar-refractivity contribution in [2.24, 2.45) is 0 Å². The third-order valence-corrected chi connectivity index (χ3v) is 3.19. The van der Waals surface area contributed by atoms with Crippen LogP contribution >= 0.6 is 0 Å². The van der Waals surface area contributed by atoms with Crippen LogP contribution in [0.3, 0.4) is 0 Å². The first-order chi connectivity index (χ1) is 8.59. The van der Waals surface area contributed by atoms with Crippen LogP contribution in [0.1, 0.15) is 36.0 Å². The molecule has 0 saturated carbocycles. The Morgan fingerprint density at radius 3 is 2.33 bits per heavy atom. The van der Waals surface area contributed by atoms with Crippen LogP contribution in [0.4, 0.5) is 14.5 Å². The average molecular weight is 254 g/mol. The molecule has 0 aliphatic carbocycles. The van der Waals surface area contributed by atoms with Crippen molar-refractivity contribution in [1.82, 2.24) is 4.90 Å². The van der Waals surface area contributed by atoms with Crippen LogP contribution in [0.25, 0.3) is 0 Å². The summed E-state index contributed by atoms with van der Waals surface area (Å²) in [6.07, 6.45) is 3.94. The van der Waals surface area contributed by atoms with E-state index in [1.165, 1.54) is 0 Å². The zero-order valence-electron chi connectivity index (χ0n) is 10.1. The molecule has 5 heteroatoms.